The summed E-state index contributed by atoms with van der Waals surface area (Å²) in [4.78, 5) is 45.1. The Bertz CT molecular complexity index is 4340. The van der Waals surface area contributed by atoms with Gasteiger partial charge in [0.2, 0.25) is 5.71 Å². The van der Waals surface area contributed by atoms with Gasteiger partial charge >= 0.3 is 11.6 Å². The minimum Gasteiger partial charge on any atom is -0.477 e. The zero-order chi connectivity index (χ0) is 45.8. The number of nitrogens with zero attached hydrogens (tertiary/aromatic N) is 5. The van der Waals surface area contributed by atoms with E-state index in [1.165, 1.54) is 78.1 Å². The number of fused-ring (bicyclic) bond motifs is 12. The maximum absolute atomic E-state index is 15.0. The molecule has 19 heteroatoms. The summed E-state index contributed by atoms with van der Waals surface area (Å²) in [6.07, 6.45) is 8.73. The number of halogens is 4. The third kappa shape index (κ3) is 5.97. The molecule has 0 aliphatic rings. The molecule has 0 aliphatic heterocycles. The van der Waals surface area contributed by atoms with Crippen molar-refractivity contribution >= 4 is 93.5 Å². The van der Waals surface area contributed by atoms with E-state index in [-0.39, 0.29) is 74.0 Å². The number of rotatable bonds is 6. The summed E-state index contributed by atoms with van der Waals surface area (Å²) in [6.45, 7) is -0.267. The molecule has 0 spiro atoms. The van der Waals surface area contributed by atoms with E-state index in [2.05, 4.69) is 30.4 Å². The lowest BCUT2D eigenvalue weighted by Gasteiger charge is -2.11. The Labute approximate surface area is 368 Å². The lowest BCUT2D eigenvalue weighted by molar-refractivity contribution is 0.0687. The number of hydrogen-bond acceptors (Lipinski definition) is 9. The van der Waals surface area contributed by atoms with Crippen molar-refractivity contribution in [3.8, 4) is 11.1 Å². The first-order valence-electron chi connectivity index (χ1n) is 20.3. The highest BCUT2D eigenvalue weighted by Crippen LogP contribution is 2.42. The van der Waals surface area contributed by atoms with Crippen LogP contribution in [0.1, 0.15) is 21.6 Å². The van der Waals surface area contributed by atoms with Crippen LogP contribution in [0.25, 0.3) is 98.7 Å². The Kier molecular flexibility index (Phi) is 8.60. The second kappa shape index (κ2) is 14.6. The Balaban J connectivity index is 0.000000140. The lowest BCUT2D eigenvalue weighted by Crippen LogP contribution is -2.14. The minimum atomic E-state index is -1.36. The maximum Gasteiger partial charge on any atom is 0.362 e. The van der Waals surface area contributed by atoms with Crippen LogP contribution in [0.3, 0.4) is 0 Å². The van der Waals surface area contributed by atoms with Crippen LogP contribution in [0.2, 0.25) is 0 Å². The molecule has 0 aliphatic carbocycles. The zero-order valence-electron chi connectivity index (χ0n) is 34.0. The fourth-order valence-corrected chi connectivity index (χ4v) is 9.12. The Morgan fingerprint density at radius 3 is 1.93 bits per heavy atom. The third-order valence-corrected chi connectivity index (χ3v) is 12.0. The van der Waals surface area contributed by atoms with E-state index in [1.54, 1.807) is 41.1 Å². The number of furan rings is 2. The lowest BCUT2D eigenvalue weighted by atomic mass is 10.0. The molecule has 9 heterocycles. The van der Waals surface area contributed by atoms with Gasteiger partial charge in [-0.3, -0.25) is 15.0 Å². The topological polar surface area (TPSA) is 207 Å². The number of carbonyl (C=O) groups is 1. The Morgan fingerprint density at radius 1 is 0.687 bits per heavy atom. The first-order valence-corrected chi connectivity index (χ1v) is 20.3. The number of pyridine rings is 2. The summed E-state index contributed by atoms with van der Waals surface area (Å²) in [7, 11) is 0. The number of benzene rings is 4. The van der Waals surface area contributed by atoms with Gasteiger partial charge in [-0.05, 0) is 72.8 Å². The van der Waals surface area contributed by atoms with Crippen molar-refractivity contribution in [3.05, 3.63) is 171 Å². The fourth-order valence-electron chi connectivity index (χ4n) is 9.12. The molecule has 15 nitrogen and oxygen atoms in total. The number of aromatic carboxylic acids is 1. The molecule has 13 rings (SSSR count). The van der Waals surface area contributed by atoms with Gasteiger partial charge in [0, 0.05) is 50.6 Å². The molecule has 0 saturated carbocycles. The van der Waals surface area contributed by atoms with Crippen LogP contribution in [-0.2, 0) is 13.1 Å². The second-order valence-electron chi connectivity index (χ2n) is 15.7. The van der Waals surface area contributed by atoms with E-state index in [9.17, 15) is 37.1 Å². The average Bonchev–Trinajstić information content (AvgIpc) is 4.18. The van der Waals surface area contributed by atoms with Gasteiger partial charge in [-0.1, -0.05) is 0 Å². The zero-order valence-corrected chi connectivity index (χ0v) is 34.0. The first-order chi connectivity index (χ1) is 32.5. The summed E-state index contributed by atoms with van der Waals surface area (Å²) in [5.74, 6) is -3.57. The van der Waals surface area contributed by atoms with Crippen LogP contribution >= 0.6 is 0 Å². The number of H-pyrrole nitrogens is 3. The predicted molar refractivity (Wildman–Crippen MR) is 238 cm³/mol. The van der Waals surface area contributed by atoms with E-state index in [0.717, 1.165) is 0 Å². The van der Waals surface area contributed by atoms with Crippen molar-refractivity contribution in [1.29, 1.82) is 0 Å². The fraction of sp³-hybridized carbons (Fsp3) is 0.0417. The molecule has 328 valence electrons. The highest BCUT2D eigenvalue weighted by Gasteiger charge is 2.30. The monoisotopic (exact) mass is 902 g/mol. The quantitative estimate of drug-likeness (QED) is 0.116. The van der Waals surface area contributed by atoms with E-state index in [0.29, 0.717) is 54.6 Å². The van der Waals surface area contributed by atoms with E-state index < -0.39 is 40.4 Å². The van der Waals surface area contributed by atoms with Crippen molar-refractivity contribution in [3.63, 3.8) is 0 Å². The van der Waals surface area contributed by atoms with Crippen LogP contribution in [0.4, 0.5) is 17.6 Å². The molecular formula is C48H26F4N8O7. The highest BCUT2D eigenvalue weighted by atomic mass is 19.1. The van der Waals surface area contributed by atoms with Gasteiger partial charge in [0.05, 0.1) is 87.2 Å². The number of aromatic nitrogens is 8. The van der Waals surface area contributed by atoms with E-state index in [4.69, 9.17) is 13.3 Å². The summed E-state index contributed by atoms with van der Waals surface area (Å²) < 4.78 is 79.4. The molecule has 4 aromatic carbocycles. The average molecular weight is 903 g/mol. The van der Waals surface area contributed by atoms with Crippen LogP contribution < -0.4 is 11.2 Å². The molecule has 0 bridgehead atoms. The van der Waals surface area contributed by atoms with Crippen LogP contribution in [0.5, 0.6) is 0 Å². The minimum absolute atomic E-state index is 0.0326. The normalized spacial score (nSPS) is 11.9. The highest BCUT2D eigenvalue weighted by molar-refractivity contribution is 6.25. The van der Waals surface area contributed by atoms with Crippen LogP contribution in [-0.4, -0.2) is 50.6 Å². The molecule has 0 fully saturated rings. The van der Waals surface area contributed by atoms with Gasteiger partial charge in [0.1, 0.15) is 45.6 Å². The van der Waals surface area contributed by atoms with Crippen LogP contribution in [0, 0.1) is 23.3 Å². The van der Waals surface area contributed by atoms with Crippen molar-refractivity contribution < 1.29 is 40.7 Å². The molecule has 0 amide bonds. The van der Waals surface area contributed by atoms with Gasteiger partial charge in [0.15, 0.2) is 0 Å². The number of aromatic amines is 3. The Morgan fingerprint density at radius 2 is 1.30 bits per heavy atom. The van der Waals surface area contributed by atoms with Gasteiger partial charge in [-0.15, -0.1) is 0 Å². The smallest absolute Gasteiger partial charge is 0.362 e. The largest absolute Gasteiger partial charge is 0.477 e. The second-order valence-corrected chi connectivity index (χ2v) is 15.7. The van der Waals surface area contributed by atoms with E-state index >= 15 is 0 Å². The third-order valence-electron chi connectivity index (χ3n) is 12.0. The van der Waals surface area contributed by atoms with E-state index in [1.807, 2.05) is 0 Å². The van der Waals surface area contributed by atoms with Gasteiger partial charge in [-0.2, -0.15) is 10.2 Å². The molecule has 67 heavy (non-hydrogen) atoms. The molecule has 0 radical (unpaired) electrons. The number of nitrogens with one attached hydrogen (secondary N) is 3. The summed E-state index contributed by atoms with van der Waals surface area (Å²) >= 11 is 0. The molecule has 9 aromatic heterocycles. The molecule has 0 unspecified atom stereocenters. The van der Waals surface area contributed by atoms with Crippen molar-refractivity contribution in [2.75, 3.05) is 0 Å². The Hall–Kier alpha value is -9.26. The molecule has 13 aromatic rings. The summed E-state index contributed by atoms with van der Waals surface area (Å²) in [5.41, 5.74) is 1.46. The first kappa shape index (κ1) is 39.3. The molecule has 0 atom stereocenters. The molecule has 4 N–H and O–H groups in total. The summed E-state index contributed by atoms with van der Waals surface area (Å²) in [6, 6.07) is 17.8. The van der Waals surface area contributed by atoms with Crippen molar-refractivity contribution in [1.82, 2.24) is 39.5 Å². The van der Waals surface area contributed by atoms with Gasteiger partial charge in [-0.25, -0.2) is 32.1 Å². The van der Waals surface area contributed by atoms with Gasteiger partial charge < -0.3 is 32.5 Å². The number of carboxylic acid groups (broad SMARTS) is 1. The molecular weight excluding hydrogens is 877 g/mol. The number of hydrogen-bond donors (Lipinski definition) is 4. The standard InChI is InChI=1S/C24H14F2N4O4.C24H12F2N4O3/c25-15-7-17-11(9-28-29-17)6-12(15)10-30-18-8-16(26)13-3-5-34-22(13)20(18)19(21(30)24(32)33)14-2-1-4-27-23(14)31;25-15-7-17-11(9-28-29-17)6-12(15)10-30-18-8-16(26)13-3-5-32-22(13)20(18)19-14-2-1-4-27-23(14)33-24(31)21(19)30/h1-9H,10H2,(H,27,31)(H,28,29)(H,32,33);1-9H,10H2,(H,28,29). The number of carboxylic acids is 1. The van der Waals surface area contributed by atoms with Crippen molar-refractivity contribution in [2.45, 2.75) is 13.1 Å². The maximum atomic E-state index is 15.0. The van der Waals surface area contributed by atoms with Crippen molar-refractivity contribution in [2.24, 2.45) is 0 Å². The molecule has 0 saturated heterocycles. The SMILES string of the molecule is O=C(O)c1c(-c2ccc[nH]c2=O)c2c3occc3c(F)cc2n1Cc1cc2cn[nH]c2cc1F.O=c1oc2ncccc2c2c3c4occc4c(F)cc3n(Cc3cc4cn[nH]c4cc3F)c12. The van der Waals surface area contributed by atoms with Gasteiger partial charge in [0.25, 0.3) is 5.56 Å². The predicted octanol–water partition coefficient (Wildman–Crippen LogP) is 9.89. The summed E-state index contributed by atoms with van der Waals surface area (Å²) in [5, 5.41) is 27.1. The van der Waals surface area contributed by atoms with Crippen LogP contribution in [0.15, 0.2) is 133 Å².